The summed E-state index contributed by atoms with van der Waals surface area (Å²) in [7, 11) is 0. The second-order valence-electron chi connectivity index (χ2n) is 8.25. The lowest BCUT2D eigenvalue weighted by Crippen LogP contribution is -2.16. The average molecular weight is 434 g/mol. The Kier molecular flexibility index (Phi) is 7.35. The average Bonchev–Trinajstić information content (AvgIpc) is 3.34. The first-order chi connectivity index (χ1) is 15.6. The fraction of sp³-hybridized carbons (Fsp3) is 0.385. The minimum Gasteiger partial charge on any atom is -0.491 e. The van der Waals surface area contributed by atoms with Crippen molar-refractivity contribution < 1.29 is 14.3 Å². The van der Waals surface area contributed by atoms with Crippen molar-refractivity contribution in [1.29, 1.82) is 0 Å². The van der Waals surface area contributed by atoms with Gasteiger partial charge in [-0.15, -0.1) is 0 Å². The number of rotatable bonds is 9. The Morgan fingerprint density at radius 2 is 2.06 bits per heavy atom. The summed E-state index contributed by atoms with van der Waals surface area (Å²) in [5.41, 5.74) is 4.37. The summed E-state index contributed by atoms with van der Waals surface area (Å²) in [5, 5.41) is 7.49. The molecule has 0 unspecified atom stereocenters. The summed E-state index contributed by atoms with van der Waals surface area (Å²) in [6.45, 7) is 7.30. The third kappa shape index (κ3) is 5.44. The number of aromatic nitrogens is 1. The van der Waals surface area contributed by atoms with Gasteiger partial charge in [0, 0.05) is 36.0 Å². The van der Waals surface area contributed by atoms with Crippen molar-refractivity contribution in [3.8, 4) is 5.75 Å². The molecule has 0 aliphatic carbocycles. The number of anilines is 1. The Balaban J connectivity index is 1.40. The van der Waals surface area contributed by atoms with Crippen LogP contribution in [0.4, 0.5) is 5.69 Å². The largest absolute Gasteiger partial charge is 0.491 e. The van der Waals surface area contributed by atoms with Crippen LogP contribution in [0.3, 0.4) is 0 Å². The minimum absolute atomic E-state index is 0.154. The van der Waals surface area contributed by atoms with Crippen molar-refractivity contribution in [3.63, 3.8) is 0 Å². The molecule has 168 valence electrons. The number of ether oxygens (including phenoxy) is 2. The normalized spacial score (nSPS) is 15.8. The maximum atomic E-state index is 12.8. The number of pyridine rings is 1. The van der Waals surface area contributed by atoms with Crippen LogP contribution >= 0.6 is 0 Å². The monoisotopic (exact) mass is 433 g/mol. The molecule has 2 aromatic carbocycles. The molecule has 2 N–H and O–H groups in total. The Morgan fingerprint density at radius 1 is 1.22 bits per heavy atom. The van der Waals surface area contributed by atoms with Gasteiger partial charge in [-0.2, -0.15) is 0 Å². The fourth-order valence-corrected chi connectivity index (χ4v) is 3.90. The van der Waals surface area contributed by atoms with Gasteiger partial charge in [0.15, 0.2) is 0 Å². The van der Waals surface area contributed by atoms with Crippen molar-refractivity contribution >= 4 is 22.5 Å². The van der Waals surface area contributed by atoms with Crippen LogP contribution in [0.25, 0.3) is 10.9 Å². The predicted molar refractivity (Wildman–Crippen MR) is 127 cm³/mol. The van der Waals surface area contributed by atoms with Crippen LogP contribution in [-0.4, -0.2) is 36.8 Å². The quantitative estimate of drug-likeness (QED) is 0.472. The highest BCUT2D eigenvalue weighted by Gasteiger charge is 2.16. The van der Waals surface area contributed by atoms with Crippen molar-refractivity contribution in [2.75, 3.05) is 25.1 Å². The van der Waals surface area contributed by atoms with E-state index in [9.17, 15) is 4.79 Å². The highest BCUT2D eigenvalue weighted by molar-refractivity contribution is 6.06. The van der Waals surface area contributed by atoms with E-state index in [1.165, 1.54) is 0 Å². The molecular formula is C26H31N3O3. The number of hydrogen-bond donors (Lipinski definition) is 2. The zero-order valence-corrected chi connectivity index (χ0v) is 18.8. The molecule has 3 aromatic rings. The number of hydrogen-bond acceptors (Lipinski definition) is 5. The second kappa shape index (κ2) is 10.6. The summed E-state index contributed by atoms with van der Waals surface area (Å²) >= 11 is 0. The standard InChI is InChI=1S/C26H31N3O3/c1-3-12-27-15-19-14-21-8-11-24(18(2)25(21)28-16-19)29-26(30)20-6-9-22(10-7-20)32-17-23-5-4-13-31-23/h6-11,14,16,23,27H,3-5,12-13,15,17H2,1-2H3,(H,29,30)/t23-/m0/s1. The molecule has 1 atom stereocenters. The van der Waals surface area contributed by atoms with E-state index >= 15 is 0 Å². The van der Waals surface area contributed by atoms with Crippen molar-refractivity contribution in [1.82, 2.24) is 10.3 Å². The first-order valence-electron chi connectivity index (χ1n) is 11.4. The molecule has 32 heavy (non-hydrogen) atoms. The molecule has 0 bridgehead atoms. The molecule has 2 heterocycles. The zero-order chi connectivity index (χ0) is 22.3. The molecule has 0 spiro atoms. The molecule has 1 aliphatic rings. The van der Waals surface area contributed by atoms with E-state index in [0.717, 1.165) is 72.4 Å². The lowest BCUT2D eigenvalue weighted by Gasteiger charge is -2.13. The molecule has 1 aromatic heterocycles. The van der Waals surface area contributed by atoms with Gasteiger partial charge < -0.3 is 20.1 Å². The Morgan fingerprint density at radius 3 is 2.81 bits per heavy atom. The summed E-state index contributed by atoms with van der Waals surface area (Å²) in [6.07, 6.45) is 5.31. The van der Waals surface area contributed by atoms with E-state index in [1.54, 1.807) is 12.1 Å². The molecule has 1 amide bonds. The molecule has 6 heteroatoms. The highest BCUT2D eigenvalue weighted by Crippen LogP contribution is 2.25. The molecule has 1 aliphatic heterocycles. The maximum absolute atomic E-state index is 12.8. The second-order valence-corrected chi connectivity index (χ2v) is 8.25. The van der Waals surface area contributed by atoms with E-state index < -0.39 is 0 Å². The number of aryl methyl sites for hydroxylation is 1. The number of carbonyl (C=O) groups is 1. The Hall–Kier alpha value is -2.96. The number of amides is 1. The van der Waals surface area contributed by atoms with Gasteiger partial charge in [-0.05, 0) is 80.3 Å². The smallest absolute Gasteiger partial charge is 0.255 e. The van der Waals surface area contributed by atoms with Crippen LogP contribution in [0.1, 0.15) is 47.7 Å². The van der Waals surface area contributed by atoms with Gasteiger partial charge in [0.2, 0.25) is 0 Å². The highest BCUT2D eigenvalue weighted by atomic mass is 16.5. The van der Waals surface area contributed by atoms with Crippen molar-refractivity contribution in [3.05, 3.63) is 65.4 Å². The minimum atomic E-state index is -0.154. The lowest BCUT2D eigenvalue weighted by atomic mass is 10.1. The van der Waals surface area contributed by atoms with Crippen LogP contribution in [0.5, 0.6) is 5.75 Å². The van der Waals surface area contributed by atoms with Gasteiger partial charge in [0.1, 0.15) is 12.4 Å². The molecule has 4 rings (SSSR count). The predicted octanol–water partition coefficient (Wildman–Crippen LogP) is 4.85. The lowest BCUT2D eigenvalue weighted by molar-refractivity contribution is 0.0679. The van der Waals surface area contributed by atoms with Gasteiger partial charge in [0.25, 0.3) is 5.91 Å². The van der Waals surface area contributed by atoms with E-state index in [2.05, 4.69) is 28.6 Å². The van der Waals surface area contributed by atoms with Crippen molar-refractivity contribution in [2.24, 2.45) is 0 Å². The Bertz CT molecular complexity index is 1060. The molecular weight excluding hydrogens is 402 g/mol. The Labute approximate surface area is 189 Å². The fourth-order valence-electron chi connectivity index (χ4n) is 3.90. The van der Waals surface area contributed by atoms with Crippen molar-refractivity contribution in [2.45, 2.75) is 45.8 Å². The van der Waals surface area contributed by atoms with E-state index in [4.69, 9.17) is 9.47 Å². The van der Waals surface area contributed by atoms with Gasteiger partial charge in [0.05, 0.1) is 11.6 Å². The van der Waals surface area contributed by atoms with E-state index in [-0.39, 0.29) is 12.0 Å². The molecule has 0 saturated carbocycles. The van der Waals surface area contributed by atoms with Crippen LogP contribution in [0.2, 0.25) is 0 Å². The van der Waals surface area contributed by atoms with Crippen LogP contribution in [0, 0.1) is 6.92 Å². The third-order valence-electron chi connectivity index (χ3n) is 5.74. The summed E-state index contributed by atoms with van der Waals surface area (Å²) in [5.74, 6) is 0.589. The molecule has 1 saturated heterocycles. The first kappa shape index (κ1) is 22.2. The number of carbonyl (C=O) groups excluding carboxylic acids is 1. The number of nitrogens with zero attached hydrogens (tertiary/aromatic N) is 1. The van der Waals surface area contributed by atoms with E-state index in [1.807, 2.05) is 37.4 Å². The zero-order valence-electron chi connectivity index (χ0n) is 18.8. The summed E-state index contributed by atoms with van der Waals surface area (Å²) in [4.78, 5) is 17.4. The van der Waals surface area contributed by atoms with Gasteiger partial charge in [-0.25, -0.2) is 0 Å². The van der Waals surface area contributed by atoms with Gasteiger partial charge in [-0.3, -0.25) is 9.78 Å². The maximum Gasteiger partial charge on any atom is 0.255 e. The van der Waals surface area contributed by atoms with Gasteiger partial charge in [-0.1, -0.05) is 13.0 Å². The molecule has 1 fully saturated rings. The molecule has 6 nitrogen and oxygen atoms in total. The summed E-state index contributed by atoms with van der Waals surface area (Å²) < 4.78 is 11.4. The van der Waals surface area contributed by atoms with Gasteiger partial charge >= 0.3 is 0 Å². The topological polar surface area (TPSA) is 72.5 Å². The SMILES string of the molecule is CCCNCc1cnc2c(C)c(NC(=O)c3ccc(OC[C@@H]4CCCO4)cc3)ccc2c1. The third-order valence-corrected chi connectivity index (χ3v) is 5.74. The van der Waals surface area contributed by atoms with E-state index in [0.29, 0.717) is 12.2 Å². The van der Waals surface area contributed by atoms with Crippen LogP contribution in [-0.2, 0) is 11.3 Å². The first-order valence-corrected chi connectivity index (χ1v) is 11.4. The number of benzene rings is 2. The van der Waals surface area contributed by atoms with Crippen LogP contribution < -0.4 is 15.4 Å². The summed E-state index contributed by atoms with van der Waals surface area (Å²) in [6, 6.07) is 13.3. The number of nitrogens with one attached hydrogen (secondary N) is 2. The number of fused-ring (bicyclic) bond motifs is 1. The molecule has 0 radical (unpaired) electrons. The van der Waals surface area contributed by atoms with Crippen LogP contribution in [0.15, 0.2) is 48.7 Å².